The molecular weight excluding hydrogens is 260 g/mol. The highest BCUT2D eigenvalue weighted by Crippen LogP contribution is 2.30. The molecule has 0 spiro atoms. The molecule has 0 saturated carbocycles. The topological polar surface area (TPSA) is 72.7 Å². The molecule has 0 bridgehead atoms. The van der Waals surface area contributed by atoms with Crippen LogP contribution in [-0.4, -0.2) is 36.5 Å². The summed E-state index contributed by atoms with van der Waals surface area (Å²) in [6.07, 6.45) is 0.861. The van der Waals surface area contributed by atoms with Crippen LogP contribution in [0.5, 0.6) is 0 Å². The zero-order valence-electron chi connectivity index (χ0n) is 11.7. The largest absolute Gasteiger partial charge is 0.377 e. The third kappa shape index (κ3) is 3.14. The maximum absolute atomic E-state index is 11.4. The van der Waals surface area contributed by atoms with Crippen LogP contribution in [0.4, 0.5) is 11.4 Å². The minimum atomic E-state index is -0.432. The van der Waals surface area contributed by atoms with Gasteiger partial charge in [-0.15, -0.1) is 0 Å². The van der Waals surface area contributed by atoms with Crippen molar-refractivity contribution in [2.24, 2.45) is 0 Å². The molecule has 0 radical (unpaired) electrons. The van der Waals surface area contributed by atoms with Gasteiger partial charge in [0.2, 0.25) is 0 Å². The van der Waals surface area contributed by atoms with Gasteiger partial charge in [0, 0.05) is 31.3 Å². The lowest BCUT2D eigenvalue weighted by atomic mass is 10.1. The number of hydrogen-bond acceptors (Lipinski definition) is 5. The van der Waals surface area contributed by atoms with E-state index in [-0.39, 0.29) is 17.6 Å². The van der Waals surface area contributed by atoms with Gasteiger partial charge in [0.25, 0.3) is 5.69 Å². The van der Waals surface area contributed by atoms with Gasteiger partial charge in [-0.05, 0) is 32.4 Å². The van der Waals surface area contributed by atoms with Crippen LogP contribution in [0.1, 0.15) is 30.6 Å². The van der Waals surface area contributed by atoms with E-state index in [0.717, 1.165) is 6.42 Å². The number of benzene rings is 1. The van der Waals surface area contributed by atoms with Gasteiger partial charge >= 0.3 is 0 Å². The molecule has 0 N–H and O–H groups in total. The van der Waals surface area contributed by atoms with Crippen LogP contribution in [0, 0.1) is 10.1 Å². The number of nitro benzene ring substituents is 1. The third-order valence-electron chi connectivity index (χ3n) is 3.37. The number of anilines is 1. The van der Waals surface area contributed by atoms with E-state index in [1.807, 2.05) is 11.8 Å². The molecule has 0 aromatic heterocycles. The zero-order valence-corrected chi connectivity index (χ0v) is 11.7. The normalized spacial score (nSPS) is 19.5. The molecule has 1 aromatic rings. The Labute approximate surface area is 117 Å². The smallest absolute Gasteiger partial charge is 0.293 e. The van der Waals surface area contributed by atoms with Crippen molar-refractivity contribution >= 4 is 17.2 Å². The van der Waals surface area contributed by atoms with Gasteiger partial charge in [-0.25, -0.2) is 0 Å². The molecule has 20 heavy (non-hydrogen) atoms. The third-order valence-corrected chi connectivity index (χ3v) is 3.37. The Balaban J connectivity index is 2.39. The van der Waals surface area contributed by atoms with E-state index in [1.54, 1.807) is 12.1 Å². The summed E-state index contributed by atoms with van der Waals surface area (Å²) in [5.74, 6) is -0.174. The zero-order chi connectivity index (χ0) is 14.7. The van der Waals surface area contributed by atoms with E-state index in [4.69, 9.17) is 4.74 Å². The Morgan fingerprint density at radius 3 is 2.90 bits per heavy atom. The predicted octanol–water partition coefficient (Wildman–Crippen LogP) is 2.41. The number of ketones is 1. The summed E-state index contributed by atoms with van der Waals surface area (Å²) < 4.78 is 5.55. The van der Waals surface area contributed by atoms with Crippen molar-refractivity contribution in [3.63, 3.8) is 0 Å². The SMILES string of the molecule is CC(=O)c1ccc(N2CCCOC(C)C2)c([N+](=O)[O-])c1. The molecule has 1 aliphatic rings. The van der Waals surface area contributed by atoms with Gasteiger partial charge in [0.1, 0.15) is 5.69 Å². The minimum absolute atomic E-state index is 0.0215. The van der Waals surface area contributed by atoms with E-state index in [1.165, 1.54) is 13.0 Å². The summed E-state index contributed by atoms with van der Waals surface area (Å²) in [6, 6.07) is 4.65. The van der Waals surface area contributed by atoms with Gasteiger partial charge in [0.15, 0.2) is 5.78 Å². The van der Waals surface area contributed by atoms with Crippen molar-refractivity contribution in [1.29, 1.82) is 0 Å². The Morgan fingerprint density at radius 1 is 1.50 bits per heavy atom. The summed E-state index contributed by atoms with van der Waals surface area (Å²) in [4.78, 5) is 24.1. The molecule has 1 fully saturated rings. The lowest BCUT2D eigenvalue weighted by Crippen LogP contribution is -2.30. The molecule has 1 heterocycles. The van der Waals surface area contributed by atoms with E-state index >= 15 is 0 Å². The molecule has 1 aromatic carbocycles. The highest BCUT2D eigenvalue weighted by Gasteiger charge is 2.23. The molecule has 6 heteroatoms. The van der Waals surface area contributed by atoms with Crippen LogP contribution in [0.25, 0.3) is 0 Å². The Bertz CT molecular complexity index is 530. The molecule has 1 saturated heterocycles. The van der Waals surface area contributed by atoms with Gasteiger partial charge in [-0.2, -0.15) is 0 Å². The Morgan fingerprint density at radius 2 is 2.25 bits per heavy atom. The number of hydrogen-bond donors (Lipinski definition) is 0. The highest BCUT2D eigenvalue weighted by atomic mass is 16.6. The average Bonchev–Trinajstić information content (AvgIpc) is 2.62. The standard InChI is InChI=1S/C14H18N2O4/c1-10-9-15(6-3-7-20-10)13-5-4-12(11(2)17)8-14(13)16(18)19/h4-5,8,10H,3,6-7,9H2,1-2H3. The molecule has 2 rings (SSSR count). The summed E-state index contributed by atoms with van der Waals surface area (Å²) >= 11 is 0. The maximum atomic E-state index is 11.4. The summed E-state index contributed by atoms with van der Waals surface area (Å²) in [6.45, 7) is 5.34. The van der Waals surface area contributed by atoms with Crippen LogP contribution >= 0.6 is 0 Å². The quantitative estimate of drug-likeness (QED) is 0.482. The number of carbonyl (C=O) groups excluding carboxylic acids is 1. The fourth-order valence-corrected chi connectivity index (χ4v) is 2.37. The molecule has 0 amide bonds. The number of rotatable bonds is 3. The fourth-order valence-electron chi connectivity index (χ4n) is 2.37. The van der Waals surface area contributed by atoms with E-state index in [9.17, 15) is 14.9 Å². The van der Waals surface area contributed by atoms with Crippen molar-refractivity contribution in [1.82, 2.24) is 0 Å². The first-order chi connectivity index (χ1) is 9.49. The number of carbonyl (C=O) groups is 1. The van der Waals surface area contributed by atoms with Crippen molar-refractivity contribution in [2.45, 2.75) is 26.4 Å². The number of nitrogens with zero attached hydrogens (tertiary/aromatic N) is 2. The first-order valence-corrected chi connectivity index (χ1v) is 6.65. The molecule has 0 aliphatic carbocycles. The monoisotopic (exact) mass is 278 g/mol. The van der Waals surface area contributed by atoms with Crippen LogP contribution in [-0.2, 0) is 4.74 Å². The van der Waals surface area contributed by atoms with Crippen LogP contribution in [0.2, 0.25) is 0 Å². The maximum Gasteiger partial charge on any atom is 0.293 e. The minimum Gasteiger partial charge on any atom is -0.377 e. The Kier molecular flexibility index (Phi) is 4.34. The summed E-state index contributed by atoms with van der Waals surface area (Å²) in [7, 11) is 0. The molecule has 108 valence electrons. The number of Topliss-reactive ketones (excluding diaryl/α,β-unsaturated/α-hetero) is 1. The first-order valence-electron chi connectivity index (χ1n) is 6.65. The van der Waals surface area contributed by atoms with Crippen molar-refractivity contribution in [2.75, 3.05) is 24.6 Å². The van der Waals surface area contributed by atoms with Crippen LogP contribution in [0.3, 0.4) is 0 Å². The summed E-state index contributed by atoms with van der Waals surface area (Å²) in [5.41, 5.74) is 0.892. The molecule has 1 unspecified atom stereocenters. The average molecular weight is 278 g/mol. The number of ether oxygens (including phenoxy) is 1. The second-order valence-corrected chi connectivity index (χ2v) is 5.00. The lowest BCUT2D eigenvalue weighted by molar-refractivity contribution is -0.384. The van der Waals surface area contributed by atoms with Crippen molar-refractivity contribution < 1.29 is 14.5 Å². The van der Waals surface area contributed by atoms with Gasteiger partial charge in [-0.3, -0.25) is 14.9 Å². The highest BCUT2D eigenvalue weighted by molar-refractivity contribution is 5.95. The number of nitro groups is 1. The molecule has 1 aliphatic heterocycles. The molecular formula is C14H18N2O4. The second kappa shape index (κ2) is 6.00. The van der Waals surface area contributed by atoms with Crippen molar-refractivity contribution in [3.05, 3.63) is 33.9 Å². The van der Waals surface area contributed by atoms with E-state index < -0.39 is 4.92 Å². The predicted molar refractivity (Wildman–Crippen MR) is 75.3 cm³/mol. The van der Waals surface area contributed by atoms with Gasteiger partial charge < -0.3 is 9.64 Å². The van der Waals surface area contributed by atoms with Crippen molar-refractivity contribution in [3.8, 4) is 0 Å². The Hall–Kier alpha value is -1.95. The van der Waals surface area contributed by atoms with Gasteiger partial charge in [0.05, 0.1) is 11.0 Å². The van der Waals surface area contributed by atoms with Crippen LogP contribution < -0.4 is 4.90 Å². The first kappa shape index (κ1) is 14.5. The van der Waals surface area contributed by atoms with E-state index in [0.29, 0.717) is 30.9 Å². The van der Waals surface area contributed by atoms with Gasteiger partial charge in [-0.1, -0.05) is 0 Å². The van der Waals surface area contributed by atoms with Crippen LogP contribution in [0.15, 0.2) is 18.2 Å². The van der Waals surface area contributed by atoms with E-state index in [2.05, 4.69) is 0 Å². The molecule has 1 atom stereocenters. The summed E-state index contributed by atoms with van der Waals surface area (Å²) in [5, 5.41) is 11.2. The molecule has 6 nitrogen and oxygen atoms in total. The second-order valence-electron chi connectivity index (χ2n) is 5.00. The lowest BCUT2D eigenvalue weighted by Gasteiger charge is -2.24. The fraction of sp³-hybridized carbons (Fsp3) is 0.500.